The first kappa shape index (κ1) is 24.3. The largest absolute Gasteiger partial charge is 0.507 e. The zero-order chi connectivity index (χ0) is 24.1. The molecule has 0 aromatic heterocycles. The van der Waals surface area contributed by atoms with Gasteiger partial charge in [0.2, 0.25) is 0 Å². The topological polar surface area (TPSA) is 79.3 Å². The van der Waals surface area contributed by atoms with Gasteiger partial charge in [-0.1, -0.05) is 49.7 Å². The summed E-state index contributed by atoms with van der Waals surface area (Å²) >= 11 is 0. The minimum Gasteiger partial charge on any atom is -0.507 e. The molecule has 1 N–H and O–H groups in total. The summed E-state index contributed by atoms with van der Waals surface area (Å²) in [5.41, 5.74) is 2.27. The van der Waals surface area contributed by atoms with Gasteiger partial charge in [-0.2, -0.15) is 0 Å². The summed E-state index contributed by atoms with van der Waals surface area (Å²) in [6.07, 6.45) is 0. The lowest BCUT2D eigenvalue weighted by Gasteiger charge is -2.28. The number of nitrogens with zero attached hydrogens (tertiary/aromatic N) is 2. The van der Waals surface area contributed by atoms with Gasteiger partial charge in [0.15, 0.2) is 11.5 Å². The number of ketones is 1. The Bertz CT molecular complexity index is 1040. The van der Waals surface area contributed by atoms with Crippen LogP contribution in [0.25, 0.3) is 5.76 Å². The quantitative estimate of drug-likeness (QED) is 0.354. The molecule has 1 aliphatic rings. The number of ether oxygens (including phenoxy) is 2. The van der Waals surface area contributed by atoms with Crippen molar-refractivity contribution in [2.24, 2.45) is 0 Å². The summed E-state index contributed by atoms with van der Waals surface area (Å²) < 4.78 is 10.8. The number of aliphatic hydroxyl groups excluding tert-OH is 1. The number of Topliss-reactive ketones (excluding diaryl/α,β-unsaturated/α-hetero) is 1. The maximum absolute atomic E-state index is 13.2. The van der Waals surface area contributed by atoms with Crippen molar-refractivity contribution in [3.05, 3.63) is 64.7 Å². The van der Waals surface area contributed by atoms with Crippen LogP contribution in [-0.4, -0.2) is 67.0 Å². The standard InChI is InChI=1S/C26H32N2O5/c1-6-27(7-2)14-15-28-23(19-12-13-20(32-4)21(16-19)33-5)22(25(30)26(28)31)24(29)18-10-8-17(3)9-11-18/h8-13,16,23,29H,6-7,14-15H2,1-5H3. The molecule has 0 radical (unpaired) electrons. The van der Waals surface area contributed by atoms with Crippen molar-refractivity contribution in [1.82, 2.24) is 9.80 Å². The third-order valence-electron chi connectivity index (χ3n) is 6.14. The average Bonchev–Trinajstić information content (AvgIpc) is 3.09. The van der Waals surface area contributed by atoms with Crippen molar-refractivity contribution >= 4 is 17.4 Å². The van der Waals surface area contributed by atoms with Crippen molar-refractivity contribution < 1.29 is 24.2 Å². The Hall–Kier alpha value is -3.32. The number of methoxy groups -OCH3 is 2. The minimum atomic E-state index is -0.735. The van der Waals surface area contributed by atoms with E-state index in [0.717, 1.165) is 18.7 Å². The Morgan fingerprint density at radius 1 is 1.00 bits per heavy atom. The second kappa shape index (κ2) is 10.5. The number of likely N-dealkylation sites (tertiary alicyclic amines) is 1. The fourth-order valence-corrected chi connectivity index (χ4v) is 4.14. The number of aliphatic hydroxyl groups is 1. The number of rotatable bonds is 9. The third-order valence-corrected chi connectivity index (χ3v) is 6.14. The zero-order valence-electron chi connectivity index (χ0n) is 19.9. The second-order valence-corrected chi connectivity index (χ2v) is 8.00. The summed E-state index contributed by atoms with van der Waals surface area (Å²) in [6, 6.07) is 11.8. The number of aryl methyl sites for hydroxylation is 1. The molecule has 176 valence electrons. The highest BCUT2D eigenvalue weighted by Gasteiger charge is 2.46. The van der Waals surface area contributed by atoms with E-state index < -0.39 is 17.7 Å². The van der Waals surface area contributed by atoms with Crippen LogP contribution in [0.4, 0.5) is 0 Å². The lowest BCUT2D eigenvalue weighted by molar-refractivity contribution is -0.140. The smallest absolute Gasteiger partial charge is 0.295 e. The molecule has 1 atom stereocenters. The summed E-state index contributed by atoms with van der Waals surface area (Å²) in [5, 5.41) is 11.2. The molecule has 0 bridgehead atoms. The van der Waals surface area contributed by atoms with E-state index in [0.29, 0.717) is 35.7 Å². The van der Waals surface area contributed by atoms with Crippen LogP contribution in [0.1, 0.15) is 36.6 Å². The van der Waals surface area contributed by atoms with Crippen LogP contribution in [0.15, 0.2) is 48.0 Å². The van der Waals surface area contributed by atoms with E-state index in [4.69, 9.17) is 9.47 Å². The van der Waals surface area contributed by atoms with Crippen LogP contribution >= 0.6 is 0 Å². The van der Waals surface area contributed by atoms with Gasteiger partial charge in [0.05, 0.1) is 25.8 Å². The highest BCUT2D eigenvalue weighted by molar-refractivity contribution is 6.46. The number of hydrogen-bond donors (Lipinski definition) is 1. The predicted octanol–water partition coefficient (Wildman–Crippen LogP) is 3.78. The van der Waals surface area contributed by atoms with Crippen molar-refractivity contribution in [3.8, 4) is 11.5 Å². The number of hydrogen-bond acceptors (Lipinski definition) is 6. The van der Waals surface area contributed by atoms with Crippen LogP contribution < -0.4 is 9.47 Å². The van der Waals surface area contributed by atoms with Crippen LogP contribution in [-0.2, 0) is 9.59 Å². The first-order chi connectivity index (χ1) is 15.9. The minimum absolute atomic E-state index is 0.0793. The van der Waals surface area contributed by atoms with E-state index in [2.05, 4.69) is 18.7 Å². The van der Waals surface area contributed by atoms with Gasteiger partial charge in [-0.15, -0.1) is 0 Å². The molecule has 3 rings (SSSR count). The highest BCUT2D eigenvalue weighted by Crippen LogP contribution is 2.41. The van der Waals surface area contributed by atoms with Crippen LogP contribution in [0.5, 0.6) is 11.5 Å². The molecule has 7 heteroatoms. The summed E-state index contributed by atoms with van der Waals surface area (Å²) in [4.78, 5) is 30.0. The van der Waals surface area contributed by atoms with E-state index in [1.54, 1.807) is 42.3 Å². The van der Waals surface area contributed by atoms with Crippen LogP contribution in [0.2, 0.25) is 0 Å². The molecule has 1 unspecified atom stereocenters. The predicted molar refractivity (Wildman–Crippen MR) is 128 cm³/mol. The fourth-order valence-electron chi connectivity index (χ4n) is 4.14. The van der Waals surface area contributed by atoms with Gasteiger partial charge in [-0.3, -0.25) is 9.59 Å². The number of likely N-dealkylation sites (N-methyl/N-ethyl adjacent to an activating group) is 1. The van der Waals surface area contributed by atoms with Gasteiger partial charge in [0, 0.05) is 18.7 Å². The van der Waals surface area contributed by atoms with Gasteiger partial charge in [-0.25, -0.2) is 0 Å². The molecule has 1 aliphatic heterocycles. The van der Waals surface area contributed by atoms with Gasteiger partial charge in [-0.05, 0) is 37.7 Å². The SMILES string of the molecule is CCN(CC)CCN1C(=O)C(=O)C(=C(O)c2ccc(C)cc2)C1c1ccc(OC)c(OC)c1. The molecule has 1 fully saturated rings. The highest BCUT2D eigenvalue weighted by atomic mass is 16.5. The maximum Gasteiger partial charge on any atom is 0.295 e. The number of amides is 1. The second-order valence-electron chi connectivity index (χ2n) is 8.00. The summed E-state index contributed by atoms with van der Waals surface area (Å²) in [5.74, 6) is -0.457. The molecule has 0 saturated carbocycles. The van der Waals surface area contributed by atoms with Crippen LogP contribution in [0, 0.1) is 6.92 Å². The Morgan fingerprint density at radius 3 is 2.21 bits per heavy atom. The van der Waals surface area contributed by atoms with E-state index in [9.17, 15) is 14.7 Å². The third kappa shape index (κ3) is 4.88. The first-order valence-corrected chi connectivity index (χ1v) is 11.2. The monoisotopic (exact) mass is 452 g/mol. The average molecular weight is 453 g/mol. The van der Waals surface area contributed by atoms with E-state index in [1.165, 1.54) is 7.11 Å². The van der Waals surface area contributed by atoms with Crippen LogP contribution in [0.3, 0.4) is 0 Å². The molecule has 1 amide bonds. The van der Waals surface area contributed by atoms with Gasteiger partial charge in [0.1, 0.15) is 5.76 Å². The zero-order valence-corrected chi connectivity index (χ0v) is 19.9. The van der Waals surface area contributed by atoms with E-state index >= 15 is 0 Å². The van der Waals surface area contributed by atoms with Crippen molar-refractivity contribution in [2.45, 2.75) is 26.8 Å². The van der Waals surface area contributed by atoms with Crippen molar-refractivity contribution in [3.63, 3.8) is 0 Å². The molecule has 1 heterocycles. The van der Waals surface area contributed by atoms with E-state index in [-0.39, 0.29) is 11.3 Å². The number of carbonyl (C=O) groups excluding carboxylic acids is 2. The molecule has 2 aromatic carbocycles. The number of benzene rings is 2. The van der Waals surface area contributed by atoms with Crippen molar-refractivity contribution in [2.75, 3.05) is 40.4 Å². The first-order valence-electron chi connectivity index (χ1n) is 11.2. The molecule has 33 heavy (non-hydrogen) atoms. The maximum atomic E-state index is 13.2. The lowest BCUT2D eigenvalue weighted by Crippen LogP contribution is -2.38. The summed E-state index contributed by atoms with van der Waals surface area (Å²) in [6.45, 7) is 8.71. The van der Waals surface area contributed by atoms with E-state index in [1.807, 2.05) is 19.1 Å². The molecule has 1 saturated heterocycles. The van der Waals surface area contributed by atoms with Gasteiger partial charge >= 0.3 is 0 Å². The molecular weight excluding hydrogens is 420 g/mol. The Balaban J connectivity index is 2.14. The van der Waals surface area contributed by atoms with Gasteiger partial charge in [0.25, 0.3) is 11.7 Å². The van der Waals surface area contributed by atoms with Gasteiger partial charge < -0.3 is 24.4 Å². The molecule has 7 nitrogen and oxygen atoms in total. The molecule has 2 aromatic rings. The molecule has 0 aliphatic carbocycles. The molecule has 0 spiro atoms. The summed E-state index contributed by atoms with van der Waals surface area (Å²) in [7, 11) is 3.08. The lowest BCUT2D eigenvalue weighted by atomic mass is 9.94. The molecular formula is C26H32N2O5. The normalized spacial score (nSPS) is 17.6. The Labute approximate surface area is 195 Å². The number of carbonyl (C=O) groups is 2. The Kier molecular flexibility index (Phi) is 7.76. The Morgan fingerprint density at radius 2 is 1.64 bits per heavy atom. The fraction of sp³-hybridized carbons (Fsp3) is 0.385. The van der Waals surface area contributed by atoms with Crippen molar-refractivity contribution in [1.29, 1.82) is 0 Å².